The van der Waals surface area contributed by atoms with Gasteiger partial charge in [0.15, 0.2) is 5.13 Å². The fourth-order valence-corrected chi connectivity index (χ4v) is 4.14. The molecule has 140 valence electrons. The maximum Gasteiger partial charge on any atom is 0.230 e. The molecule has 1 fully saturated rings. The summed E-state index contributed by atoms with van der Waals surface area (Å²) in [7, 11) is 0. The number of anilines is 1. The van der Waals surface area contributed by atoms with Crippen LogP contribution in [0.5, 0.6) is 5.75 Å². The molecule has 0 saturated carbocycles. The summed E-state index contributed by atoms with van der Waals surface area (Å²) in [6.45, 7) is 8.56. The minimum Gasteiger partial charge on any atom is -0.489 e. The smallest absolute Gasteiger partial charge is 0.230 e. The van der Waals surface area contributed by atoms with Crippen molar-refractivity contribution in [1.82, 2.24) is 14.9 Å². The number of nitrogens with zero attached hydrogens (tertiary/aromatic N) is 3. The summed E-state index contributed by atoms with van der Waals surface area (Å²) in [6, 6.07) is 4.14. The van der Waals surface area contributed by atoms with Crippen LogP contribution >= 0.6 is 11.3 Å². The molecule has 0 radical (unpaired) electrons. The topological polar surface area (TPSA) is 67.4 Å². The Hall–Kier alpha value is -2.06. The van der Waals surface area contributed by atoms with Gasteiger partial charge in [-0.05, 0) is 20.8 Å². The van der Waals surface area contributed by atoms with Gasteiger partial charge in [0, 0.05) is 56.0 Å². The summed E-state index contributed by atoms with van der Waals surface area (Å²) in [5.74, 6) is 0.0536. The number of aromatic nitrogens is 2. The normalized spacial score (nSPS) is 20.3. The molecule has 1 N–H and O–H groups in total. The fraction of sp³-hybridized carbons (Fsp3) is 0.500. The van der Waals surface area contributed by atoms with Crippen molar-refractivity contribution in [2.24, 2.45) is 0 Å². The molecule has 2 aromatic heterocycles. The van der Waals surface area contributed by atoms with Crippen LogP contribution in [0.1, 0.15) is 36.5 Å². The molecular formula is C18H23FN4O2S. The number of aryl methyl sites for hydroxylation is 2. The Morgan fingerprint density at radius 1 is 1.38 bits per heavy atom. The Balaban J connectivity index is 1.63. The van der Waals surface area contributed by atoms with E-state index in [1.807, 2.05) is 26.0 Å². The summed E-state index contributed by atoms with van der Waals surface area (Å²) >= 11 is 1.18. The summed E-state index contributed by atoms with van der Waals surface area (Å²) in [6.07, 6.45) is 0.927. The number of hydrogen-bond donors (Lipinski definition) is 1. The van der Waals surface area contributed by atoms with E-state index < -0.39 is 5.95 Å². The van der Waals surface area contributed by atoms with Crippen LogP contribution in [0, 0.1) is 19.8 Å². The van der Waals surface area contributed by atoms with Gasteiger partial charge in [0.2, 0.25) is 11.9 Å². The molecule has 3 heterocycles. The first-order chi connectivity index (χ1) is 12.3. The van der Waals surface area contributed by atoms with Crippen molar-refractivity contribution < 1.29 is 13.9 Å². The molecule has 1 aliphatic rings. The van der Waals surface area contributed by atoms with Gasteiger partial charge in [-0.2, -0.15) is 9.37 Å². The van der Waals surface area contributed by atoms with Crippen LogP contribution in [0.2, 0.25) is 0 Å². The van der Waals surface area contributed by atoms with E-state index in [4.69, 9.17) is 4.74 Å². The molecule has 0 bridgehead atoms. The van der Waals surface area contributed by atoms with Gasteiger partial charge in [-0.3, -0.25) is 14.7 Å². The molecule has 8 heteroatoms. The van der Waals surface area contributed by atoms with Crippen LogP contribution in [0.25, 0.3) is 0 Å². The lowest BCUT2D eigenvalue weighted by Gasteiger charge is -2.19. The van der Waals surface area contributed by atoms with E-state index in [-0.39, 0.29) is 18.1 Å². The average molecular weight is 378 g/mol. The quantitative estimate of drug-likeness (QED) is 0.865. The van der Waals surface area contributed by atoms with Crippen molar-refractivity contribution in [2.45, 2.75) is 52.8 Å². The van der Waals surface area contributed by atoms with Crippen molar-refractivity contribution in [3.8, 4) is 5.75 Å². The van der Waals surface area contributed by atoms with Crippen molar-refractivity contribution in [3.05, 3.63) is 34.3 Å². The number of halogens is 1. The lowest BCUT2D eigenvalue weighted by molar-refractivity contribution is -0.114. The first-order valence-electron chi connectivity index (χ1n) is 8.59. The number of pyridine rings is 1. The van der Waals surface area contributed by atoms with Gasteiger partial charge in [0.05, 0.1) is 4.88 Å². The third kappa shape index (κ3) is 4.56. The van der Waals surface area contributed by atoms with Crippen molar-refractivity contribution in [1.29, 1.82) is 0 Å². The van der Waals surface area contributed by atoms with Crippen molar-refractivity contribution in [3.63, 3.8) is 0 Å². The van der Waals surface area contributed by atoms with E-state index in [1.54, 1.807) is 0 Å². The van der Waals surface area contributed by atoms with Crippen LogP contribution < -0.4 is 10.1 Å². The summed E-state index contributed by atoms with van der Waals surface area (Å²) in [5, 5.41) is 2.83. The van der Waals surface area contributed by atoms with Crippen LogP contribution in [0.3, 0.4) is 0 Å². The van der Waals surface area contributed by atoms with Gasteiger partial charge in [-0.15, -0.1) is 0 Å². The third-order valence-corrected chi connectivity index (χ3v) is 5.23. The Morgan fingerprint density at radius 3 is 2.73 bits per heavy atom. The standard InChI is InChI=1S/C18H23FN4O2S/c1-10-5-14(6-11(2)20-10)25-15-7-12(3)23(8-15)9-16-17(19)22-18(26-16)21-13(4)24/h5-6,12,15H,7-9H2,1-4H3,(H,21,22,24)/t12-,15+/m1/s1. The summed E-state index contributed by atoms with van der Waals surface area (Å²) < 4.78 is 20.2. The van der Waals surface area contributed by atoms with Crippen LogP contribution in [-0.2, 0) is 11.3 Å². The third-order valence-electron chi connectivity index (χ3n) is 4.30. The van der Waals surface area contributed by atoms with Gasteiger partial charge < -0.3 is 10.1 Å². The van der Waals surface area contributed by atoms with Gasteiger partial charge in [0.1, 0.15) is 11.9 Å². The number of nitrogens with one attached hydrogen (secondary N) is 1. The zero-order chi connectivity index (χ0) is 18.8. The first kappa shape index (κ1) is 18.7. The van der Waals surface area contributed by atoms with Gasteiger partial charge >= 0.3 is 0 Å². The molecule has 0 spiro atoms. The maximum absolute atomic E-state index is 14.1. The monoisotopic (exact) mass is 378 g/mol. The van der Waals surface area contributed by atoms with Gasteiger partial charge in [0.25, 0.3) is 0 Å². The highest BCUT2D eigenvalue weighted by atomic mass is 32.1. The SMILES string of the molecule is CC(=O)Nc1nc(F)c(CN2C[C@@H](Oc3cc(C)nc(C)c3)C[C@H]2C)s1. The lowest BCUT2D eigenvalue weighted by Crippen LogP contribution is -2.28. The molecule has 6 nitrogen and oxygen atoms in total. The van der Waals surface area contributed by atoms with Crippen LogP contribution in [0.15, 0.2) is 12.1 Å². The maximum atomic E-state index is 14.1. The second-order valence-electron chi connectivity index (χ2n) is 6.75. The fourth-order valence-electron chi connectivity index (χ4n) is 3.23. The minimum atomic E-state index is -0.518. The van der Waals surface area contributed by atoms with Crippen molar-refractivity contribution >= 4 is 22.4 Å². The van der Waals surface area contributed by atoms with Gasteiger partial charge in [-0.25, -0.2) is 0 Å². The second kappa shape index (κ2) is 7.67. The Morgan fingerprint density at radius 2 is 2.08 bits per heavy atom. The van der Waals surface area contributed by atoms with Crippen LogP contribution in [0.4, 0.5) is 9.52 Å². The molecule has 0 aliphatic carbocycles. The molecule has 2 atom stereocenters. The number of carbonyl (C=O) groups is 1. The molecular weight excluding hydrogens is 355 g/mol. The van der Waals surface area contributed by atoms with E-state index in [1.165, 1.54) is 18.3 Å². The predicted molar refractivity (Wildman–Crippen MR) is 99.0 cm³/mol. The number of ether oxygens (including phenoxy) is 1. The number of likely N-dealkylation sites (tertiary alicyclic amines) is 1. The number of amides is 1. The summed E-state index contributed by atoms with van der Waals surface area (Å²) in [5.41, 5.74) is 1.86. The summed E-state index contributed by atoms with van der Waals surface area (Å²) in [4.78, 5) is 21.9. The predicted octanol–water partition coefficient (Wildman–Crippen LogP) is 3.29. The molecule has 1 aliphatic heterocycles. The Kier molecular flexibility index (Phi) is 5.52. The zero-order valence-corrected chi connectivity index (χ0v) is 16.2. The molecule has 1 saturated heterocycles. The molecule has 1 amide bonds. The minimum absolute atomic E-state index is 0.0528. The van der Waals surface area contributed by atoms with Crippen molar-refractivity contribution in [2.75, 3.05) is 11.9 Å². The highest BCUT2D eigenvalue weighted by Gasteiger charge is 2.31. The molecule has 3 rings (SSSR count). The van der Waals surface area contributed by atoms with E-state index in [0.717, 1.165) is 23.6 Å². The highest BCUT2D eigenvalue weighted by molar-refractivity contribution is 7.15. The lowest BCUT2D eigenvalue weighted by atomic mass is 10.2. The number of hydrogen-bond acceptors (Lipinski definition) is 6. The number of carbonyl (C=O) groups excluding carboxylic acids is 1. The van der Waals surface area contributed by atoms with E-state index in [0.29, 0.717) is 23.1 Å². The van der Waals surface area contributed by atoms with E-state index in [9.17, 15) is 9.18 Å². The average Bonchev–Trinajstić information content (AvgIpc) is 3.00. The number of rotatable bonds is 5. The first-order valence-corrected chi connectivity index (χ1v) is 9.40. The van der Waals surface area contributed by atoms with E-state index >= 15 is 0 Å². The number of thiazole rings is 1. The highest BCUT2D eigenvalue weighted by Crippen LogP contribution is 2.29. The molecule has 26 heavy (non-hydrogen) atoms. The second-order valence-corrected chi connectivity index (χ2v) is 7.84. The van der Waals surface area contributed by atoms with E-state index in [2.05, 4.69) is 27.1 Å². The Bertz CT molecular complexity index is 790. The largest absolute Gasteiger partial charge is 0.489 e. The molecule has 0 aromatic carbocycles. The van der Waals surface area contributed by atoms with Crippen LogP contribution in [-0.4, -0.2) is 39.5 Å². The van der Waals surface area contributed by atoms with Gasteiger partial charge in [-0.1, -0.05) is 11.3 Å². The Labute approximate surface area is 156 Å². The molecule has 0 unspecified atom stereocenters. The molecule has 2 aromatic rings. The zero-order valence-electron chi connectivity index (χ0n) is 15.4.